The molecular weight excluding hydrogens is 336 g/mol. The predicted octanol–water partition coefficient (Wildman–Crippen LogP) is 4.84. The lowest BCUT2D eigenvalue weighted by atomic mass is 10.1. The minimum absolute atomic E-state index is 0.141. The van der Waals surface area contributed by atoms with Crippen LogP contribution in [0.25, 0.3) is 22.3 Å². The van der Waals surface area contributed by atoms with Gasteiger partial charge in [-0.3, -0.25) is 5.43 Å². The average Bonchev–Trinajstić information content (AvgIpc) is 2.72. The van der Waals surface area contributed by atoms with E-state index in [4.69, 9.17) is 0 Å². The van der Waals surface area contributed by atoms with E-state index in [-0.39, 0.29) is 5.75 Å². The number of hydrazone groups is 1. The number of hydrogen-bond acceptors (Lipinski definition) is 5. The molecule has 5 nitrogen and oxygen atoms in total. The van der Waals surface area contributed by atoms with Crippen molar-refractivity contribution in [2.24, 2.45) is 5.10 Å². The third-order valence-corrected chi connectivity index (χ3v) is 4.27. The number of phenols is 1. The number of aromatic nitrogens is 2. The molecule has 1 heterocycles. The van der Waals surface area contributed by atoms with Gasteiger partial charge >= 0.3 is 0 Å². The lowest BCUT2D eigenvalue weighted by molar-refractivity contribution is 0.477. The molecule has 4 aromatic rings. The maximum atomic E-state index is 10.2. The molecule has 0 spiro atoms. The minimum atomic E-state index is 0.141. The third-order valence-electron chi connectivity index (χ3n) is 4.27. The summed E-state index contributed by atoms with van der Waals surface area (Å²) in [5.74, 6) is 1.18. The second-order valence-corrected chi connectivity index (χ2v) is 6.11. The van der Waals surface area contributed by atoms with Gasteiger partial charge in [0.1, 0.15) is 5.75 Å². The second-order valence-electron chi connectivity index (χ2n) is 6.11. The summed E-state index contributed by atoms with van der Waals surface area (Å²) in [6, 6.07) is 24.7. The Morgan fingerprint density at radius 1 is 0.852 bits per heavy atom. The lowest BCUT2D eigenvalue weighted by Crippen LogP contribution is -2.03. The molecule has 0 unspecified atom stereocenters. The molecule has 4 rings (SSSR count). The van der Waals surface area contributed by atoms with E-state index in [2.05, 4.69) is 20.5 Å². The van der Waals surface area contributed by atoms with E-state index in [1.54, 1.807) is 18.2 Å². The maximum Gasteiger partial charge on any atom is 0.165 e. The van der Waals surface area contributed by atoms with Gasteiger partial charge in [0.05, 0.1) is 16.8 Å². The Bertz CT molecular complexity index is 1120. The Morgan fingerprint density at radius 3 is 2.37 bits per heavy atom. The maximum absolute atomic E-state index is 10.2. The van der Waals surface area contributed by atoms with Crippen molar-refractivity contribution in [2.45, 2.75) is 6.92 Å². The number of nitrogens with one attached hydrogen (secondary N) is 1. The van der Waals surface area contributed by atoms with Crippen molar-refractivity contribution in [3.63, 3.8) is 0 Å². The van der Waals surface area contributed by atoms with Crippen LogP contribution in [0.15, 0.2) is 84.0 Å². The summed E-state index contributed by atoms with van der Waals surface area (Å²) >= 11 is 0. The summed E-state index contributed by atoms with van der Waals surface area (Å²) in [7, 11) is 0. The molecule has 1 aromatic heterocycles. The zero-order valence-corrected chi connectivity index (χ0v) is 14.8. The van der Waals surface area contributed by atoms with Gasteiger partial charge in [-0.25, -0.2) is 9.97 Å². The molecule has 0 amide bonds. The van der Waals surface area contributed by atoms with Crippen molar-refractivity contribution in [3.8, 4) is 17.1 Å². The highest BCUT2D eigenvalue weighted by Crippen LogP contribution is 2.29. The van der Waals surface area contributed by atoms with Crippen molar-refractivity contribution in [3.05, 3.63) is 84.4 Å². The van der Waals surface area contributed by atoms with Gasteiger partial charge in [-0.15, -0.1) is 0 Å². The van der Waals surface area contributed by atoms with Crippen LogP contribution in [0.2, 0.25) is 0 Å². The lowest BCUT2D eigenvalue weighted by Gasteiger charge is -2.10. The van der Waals surface area contributed by atoms with E-state index >= 15 is 0 Å². The fourth-order valence-electron chi connectivity index (χ4n) is 2.83. The molecule has 0 saturated carbocycles. The number of fused-ring (bicyclic) bond motifs is 1. The number of benzene rings is 3. The molecule has 3 aromatic carbocycles. The highest BCUT2D eigenvalue weighted by atomic mass is 16.3. The van der Waals surface area contributed by atoms with Crippen LogP contribution in [0.1, 0.15) is 12.5 Å². The molecule has 0 radical (unpaired) electrons. The SMILES string of the molecule is C/C(=N\Nc1nc(-c2ccccc2O)nc2ccccc12)c1ccccc1. The van der Waals surface area contributed by atoms with Crippen molar-refractivity contribution in [1.29, 1.82) is 0 Å². The predicted molar refractivity (Wildman–Crippen MR) is 109 cm³/mol. The second kappa shape index (κ2) is 7.25. The summed E-state index contributed by atoms with van der Waals surface area (Å²) in [4.78, 5) is 9.20. The van der Waals surface area contributed by atoms with Gasteiger partial charge in [0.15, 0.2) is 11.6 Å². The summed E-state index contributed by atoms with van der Waals surface area (Å²) < 4.78 is 0. The Kier molecular flexibility index (Phi) is 4.49. The standard InChI is InChI=1S/C22H18N4O/c1-15(16-9-3-2-4-10-16)25-26-22-17-11-5-7-13-19(17)23-21(24-22)18-12-6-8-14-20(18)27/h2-14,27H,1H3,(H,23,24,26)/b25-15+. The normalized spacial score (nSPS) is 11.5. The van der Waals surface area contributed by atoms with Crippen LogP contribution in [0.3, 0.4) is 0 Å². The summed E-state index contributed by atoms with van der Waals surface area (Å²) in [6.45, 7) is 1.94. The number of para-hydroxylation sites is 2. The Balaban J connectivity index is 1.79. The van der Waals surface area contributed by atoms with Crippen LogP contribution < -0.4 is 5.43 Å². The molecule has 0 atom stereocenters. The van der Waals surface area contributed by atoms with Gasteiger partial charge < -0.3 is 5.11 Å². The van der Waals surface area contributed by atoms with Crippen LogP contribution in [0, 0.1) is 0 Å². The van der Waals surface area contributed by atoms with E-state index in [0.29, 0.717) is 17.2 Å². The summed E-state index contributed by atoms with van der Waals surface area (Å²) in [5, 5.41) is 15.5. The molecule has 5 heteroatoms. The Labute approximate surface area is 157 Å². The van der Waals surface area contributed by atoms with E-state index < -0.39 is 0 Å². The quantitative estimate of drug-likeness (QED) is 0.406. The Hall–Kier alpha value is -3.73. The van der Waals surface area contributed by atoms with Crippen LogP contribution in [0.5, 0.6) is 5.75 Å². The number of anilines is 1. The average molecular weight is 354 g/mol. The highest BCUT2D eigenvalue weighted by Gasteiger charge is 2.11. The highest BCUT2D eigenvalue weighted by molar-refractivity contribution is 5.99. The molecule has 132 valence electrons. The third kappa shape index (κ3) is 3.48. The fraction of sp³-hybridized carbons (Fsp3) is 0.0455. The smallest absolute Gasteiger partial charge is 0.165 e. The first-order valence-electron chi connectivity index (χ1n) is 8.63. The first-order valence-corrected chi connectivity index (χ1v) is 8.63. The largest absolute Gasteiger partial charge is 0.507 e. The molecule has 0 aliphatic rings. The van der Waals surface area contributed by atoms with Crippen LogP contribution >= 0.6 is 0 Å². The number of hydrogen-bond donors (Lipinski definition) is 2. The molecule has 0 aliphatic heterocycles. The number of phenolic OH excluding ortho intramolecular Hbond substituents is 1. The van der Waals surface area contributed by atoms with E-state index in [9.17, 15) is 5.11 Å². The first-order chi connectivity index (χ1) is 13.2. The van der Waals surface area contributed by atoms with Crippen molar-refractivity contribution in [1.82, 2.24) is 9.97 Å². The monoisotopic (exact) mass is 354 g/mol. The van der Waals surface area contributed by atoms with Gasteiger partial charge in [0.25, 0.3) is 0 Å². The molecule has 0 bridgehead atoms. The van der Waals surface area contributed by atoms with Gasteiger partial charge in [-0.2, -0.15) is 5.10 Å². The summed E-state index contributed by atoms with van der Waals surface area (Å²) in [6.07, 6.45) is 0. The number of nitrogens with zero attached hydrogens (tertiary/aromatic N) is 3. The topological polar surface area (TPSA) is 70.4 Å². The van der Waals surface area contributed by atoms with Gasteiger partial charge in [0, 0.05) is 5.39 Å². The number of aromatic hydroxyl groups is 1. The minimum Gasteiger partial charge on any atom is -0.507 e. The fourth-order valence-corrected chi connectivity index (χ4v) is 2.83. The van der Waals surface area contributed by atoms with E-state index in [0.717, 1.165) is 22.2 Å². The van der Waals surface area contributed by atoms with E-state index in [1.165, 1.54) is 0 Å². The van der Waals surface area contributed by atoms with Gasteiger partial charge in [-0.1, -0.05) is 54.6 Å². The van der Waals surface area contributed by atoms with Gasteiger partial charge in [0.2, 0.25) is 0 Å². The molecular formula is C22H18N4O. The molecule has 2 N–H and O–H groups in total. The molecule has 0 saturated heterocycles. The van der Waals surface area contributed by atoms with Crippen LogP contribution in [-0.4, -0.2) is 20.8 Å². The summed E-state index contributed by atoms with van der Waals surface area (Å²) in [5.41, 5.74) is 6.31. The van der Waals surface area contributed by atoms with Crippen molar-refractivity contribution in [2.75, 3.05) is 5.43 Å². The Morgan fingerprint density at radius 2 is 1.56 bits per heavy atom. The zero-order chi connectivity index (χ0) is 18.6. The molecule has 0 fully saturated rings. The van der Waals surface area contributed by atoms with Crippen molar-refractivity contribution < 1.29 is 5.11 Å². The molecule has 0 aliphatic carbocycles. The zero-order valence-electron chi connectivity index (χ0n) is 14.8. The van der Waals surface area contributed by atoms with Crippen molar-refractivity contribution >= 4 is 22.4 Å². The first kappa shape index (κ1) is 16.7. The van der Waals surface area contributed by atoms with Gasteiger partial charge in [-0.05, 0) is 36.8 Å². The molecule has 27 heavy (non-hydrogen) atoms. The number of rotatable bonds is 4. The van der Waals surface area contributed by atoms with Crippen LogP contribution in [-0.2, 0) is 0 Å². The van der Waals surface area contributed by atoms with Crippen LogP contribution in [0.4, 0.5) is 5.82 Å². The van der Waals surface area contributed by atoms with E-state index in [1.807, 2.05) is 67.6 Å².